The van der Waals surface area contributed by atoms with Crippen molar-refractivity contribution in [2.45, 2.75) is 43.4 Å². The Morgan fingerprint density at radius 1 is 1.06 bits per heavy atom. The fourth-order valence-corrected chi connectivity index (χ4v) is 5.16. The summed E-state index contributed by atoms with van der Waals surface area (Å²) in [5.74, 6) is -0.806. The first-order valence-corrected chi connectivity index (χ1v) is 11.8. The Kier molecular flexibility index (Phi) is 9.80. The third-order valence-corrected chi connectivity index (χ3v) is 7.29. The zero-order chi connectivity index (χ0) is 21.6. The van der Waals surface area contributed by atoms with E-state index in [-0.39, 0.29) is 46.3 Å². The summed E-state index contributed by atoms with van der Waals surface area (Å²) in [5.41, 5.74) is 2.53. The third-order valence-electron chi connectivity index (χ3n) is 5.56. The van der Waals surface area contributed by atoms with E-state index < -0.39 is 16.0 Å². The van der Waals surface area contributed by atoms with Crippen LogP contribution in [0.15, 0.2) is 65.6 Å². The van der Waals surface area contributed by atoms with Gasteiger partial charge in [0, 0.05) is 18.0 Å². The van der Waals surface area contributed by atoms with Crippen molar-refractivity contribution >= 4 is 57.2 Å². The van der Waals surface area contributed by atoms with Crippen molar-refractivity contribution < 1.29 is 18.3 Å². The zero-order valence-electron chi connectivity index (χ0n) is 16.7. The van der Waals surface area contributed by atoms with Crippen molar-refractivity contribution in [1.82, 2.24) is 4.72 Å². The average Bonchev–Trinajstić information content (AvgIpc) is 3.06. The Morgan fingerprint density at radius 2 is 1.68 bits per heavy atom. The molecule has 31 heavy (non-hydrogen) atoms. The van der Waals surface area contributed by atoms with Gasteiger partial charge in [0.1, 0.15) is 0 Å². The summed E-state index contributed by atoms with van der Waals surface area (Å²) < 4.78 is 27.9. The number of halogens is 1. The van der Waals surface area contributed by atoms with E-state index in [0.29, 0.717) is 24.4 Å². The van der Waals surface area contributed by atoms with Crippen LogP contribution < -0.4 is 4.72 Å². The molecule has 1 aliphatic rings. The number of allylic oxidation sites excluding steroid dienone is 2. The number of nitrogens with one attached hydrogen (secondary N) is 1. The van der Waals surface area contributed by atoms with E-state index in [0.717, 1.165) is 19.3 Å². The van der Waals surface area contributed by atoms with Gasteiger partial charge in [-0.05, 0) is 72.9 Å². The fourth-order valence-electron chi connectivity index (χ4n) is 4.00. The molecule has 0 heterocycles. The molecular weight excluding hydrogens is 445 g/mol. The number of fused-ring (bicyclic) bond motifs is 1. The van der Waals surface area contributed by atoms with Gasteiger partial charge in [0.05, 0.1) is 4.90 Å². The number of aliphatic carboxylic acids is 1. The van der Waals surface area contributed by atoms with Gasteiger partial charge < -0.3 is 5.11 Å². The molecular formula is C23H27ClNNaO4S. The van der Waals surface area contributed by atoms with E-state index in [1.165, 1.54) is 23.3 Å². The van der Waals surface area contributed by atoms with Crippen LogP contribution in [0.4, 0.5) is 0 Å². The van der Waals surface area contributed by atoms with Gasteiger partial charge >= 0.3 is 35.5 Å². The molecule has 1 aliphatic carbocycles. The van der Waals surface area contributed by atoms with E-state index in [9.17, 15) is 13.2 Å². The fraction of sp³-hybridized carbons (Fsp3) is 0.348. The molecule has 0 aromatic heterocycles. The van der Waals surface area contributed by atoms with Crippen LogP contribution in [0.2, 0.25) is 5.02 Å². The van der Waals surface area contributed by atoms with E-state index in [4.69, 9.17) is 16.7 Å². The van der Waals surface area contributed by atoms with Crippen molar-refractivity contribution in [2.24, 2.45) is 5.41 Å². The van der Waals surface area contributed by atoms with Gasteiger partial charge in [0.15, 0.2) is 0 Å². The van der Waals surface area contributed by atoms with E-state index in [1.807, 2.05) is 24.3 Å². The summed E-state index contributed by atoms with van der Waals surface area (Å²) in [4.78, 5) is 10.9. The number of sulfonamides is 1. The van der Waals surface area contributed by atoms with Crippen LogP contribution >= 0.6 is 11.6 Å². The average molecular weight is 472 g/mol. The van der Waals surface area contributed by atoms with Gasteiger partial charge in [0.25, 0.3) is 0 Å². The summed E-state index contributed by atoms with van der Waals surface area (Å²) in [5, 5.41) is 9.28. The van der Waals surface area contributed by atoms with Crippen LogP contribution in [-0.4, -0.2) is 55.6 Å². The molecule has 162 valence electrons. The molecule has 0 atom stereocenters. The zero-order valence-corrected chi connectivity index (χ0v) is 18.3. The summed E-state index contributed by atoms with van der Waals surface area (Å²) in [6.07, 6.45) is 7.82. The van der Waals surface area contributed by atoms with Gasteiger partial charge in [-0.1, -0.05) is 48.0 Å². The Morgan fingerprint density at radius 3 is 2.26 bits per heavy atom. The summed E-state index contributed by atoms with van der Waals surface area (Å²) in [7, 11) is -3.59. The second-order valence-corrected chi connectivity index (χ2v) is 10.0. The van der Waals surface area contributed by atoms with Crippen LogP contribution in [0.3, 0.4) is 0 Å². The quantitative estimate of drug-likeness (QED) is 0.406. The molecule has 0 saturated carbocycles. The molecule has 3 rings (SSSR count). The van der Waals surface area contributed by atoms with E-state index >= 15 is 0 Å². The van der Waals surface area contributed by atoms with Gasteiger partial charge in [-0.2, -0.15) is 0 Å². The molecule has 0 aliphatic heterocycles. The molecule has 0 unspecified atom stereocenters. The minimum atomic E-state index is -3.59. The SMILES string of the molecule is O=C(O)CC/C=C\CC1(CCNS(=O)(=O)c2ccc(Cl)cc2)Cc2ccccc2C1.[NaH]. The number of carbonyl (C=O) groups is 1. The van der Waals surface area contributed by atoms with Gasteiger partial charge in [-0.15, -0.1) is 0 Å². The van der Waals surface area contributed by atoms with Crippen molar-refractivity contribution in [3.63, 3.8) is 0 Å². The molecule has 0 fully saturated rings. The van der Waals surface area contributed by atoms with Crippen LogP contribution in [0.25, 0.3) is 0 Å². The Balaban J connectivity index is 0.00000341. The van der Waals surface area contributed by atoms with Gasteiger partial charge in [0.2, 0.25) is 10.0 Å². The molecule has 0 bridgehead atoms. The van der Waals surface area contributed by atoms with Crippen molar-refractivity contribution in [3.05, 3.63) is 76.8 Å². The normalized spacial score (nSPS) is 14.9. The first-order chi connectivity index (χ1) is 14.3. The minimum absolute atomic E-state index is 0. The summed E-state index contributed by atoms with van der Waals surface area (Å²) in [6, 6.07) is 14.4. The molecule has 2 aromatic rings. The monoisotopic (exact) mass is 471 g/mol. The molecule has 0 spiro atoms. The molecule has 0 radical (unpaired) electrons. The Labute approximate surface area is 211 Å². The second kappa shape index (κ2) is 11.6. The first-order valence-electron chi connectivity index (χ1n) is 9.99. The molecule has 8 heteroatoms. The van der Waals surface area contributed by atoms with Crippen LogP contribution in [-0.2, 0) is 27.7 Å². The number of benzene rings is 2. The molecule has 2 aromatic carbocycles. The second-order valence-electron chi connectivity index (χ2n) is 7.83. The third kappa shape index (κ3) is 7.45. The molecule has 0 amide bonds. The predicted octanol–water partition coefficient (Wildman–Crippen LogP) is 3.96. The van der Waals surface area contributed by atoms with Gasteiger partial charge in [-0.25, -0.2) is 13.1 Å². The number of carboxylic acid groups (broad SMARTS) is 1. The molecule has 5 nitrogen and oxygen atoms in total. The first kappa shape index (κ1) is 26.1. The Hall–Kier alpha value is -1.15. The molecule has 0 saturated heterocycles. The van der Waals surface area contributed by atoms with Crippen LogP contribution in [0, 0.1) is 5.41 Å². The summed E-state index contributed by atoms with van der Waals surface area (Å²) in [6.45, 7) is 0.335. The Bertz CT molecular complexity index is 997. The van der Waals surface area contributed by atoms with Crippen molar-refractivity contribution in [2.75, 3.05) is 6.54 Å². The van der Waals surface area contributed by atoms with E-state index in [2.05, 4.69) is 16.9 Å². The maximum atomic E-state index is 12.6. The maximum absolute atomic E-state index is 12.6. The molecule has 2 N–H and O–H groups in total. The van der Waals surface area contributed by atoms with Crippen molar-refractivity contribution in [3.8, 4) is 0 Å². The van der Waals surface area contributed by atoms with E-state index in [1.54, 1.807) is 12.1 Å². The van der Waals surface area contributed by atoms with Gasteiger partial charge in [-0.3, -0.25) is 4.79 Å². The predicted molar refractivity (Wildman–Crippen MR) is 125 cm³/mol. The van der Waals surface area contributed by atoms with Crippen LogP contribution in [0.5, 0.6) is 0 Å². The van der Waals surface area contributed by atoms with Crippen LogP contribution in [0.1, 0.15) is 36.8 Å². The number of hydrogen-bond donors (Lipinski definition) is 2. The number of carboxylic acids is 1. The summed E-state index contributed by atoms with van der Waals surface area (Å²) >= 11 is 5.85. The number of hydrogen-bond acceptors (Lipinski definition) is 3. The van der Waals surface area contributed by atoms with Crippen molar-refractivity contribution in [1.29, 1.82) is 0 Å². The standard InChI is InChI=1S/C23H26ClNO4S.Na.H/c24-20-9-11-21(12-10-20)30(28,29)25-15-14-23(13-5-1-2-8-22(26)27)16-18-6-3-4-7-19(18)17-23;;/h1,3-7,9-12,25H,2,8,13-17H2,(H,26,27);;/b5-1-;;. The number of rotatable bonds is 10. The topological polar surface area (TPSA) is 83.5 Å².